The lowest BCUT2D eigenvalue weighted by Gasteiger charge is -2.06. The highest BCUT2D eigenvalue weighted by Gasteiger charge is 1.99. The van der Waals surface area contributed by atoms with Crippen molar-refractivity contribution >= 4 is 0 Å². The molecule has 0 radical (unpaired) electrons. The van der Waals surface area contributed by atoms with Crippen LogP contribution in [0.4, 0.5) is 0 Å². The highest BCUT2D eigenvalue weighted by molar-refractivity contribution is 5.64. The lowest BCUT2D eigenvalue weighted by atomic mass is 10.00. The van der Waals surface area contributed by atoms with Crippen LogP contribution in [0.3, 0.4) is 0 Å². The van der Waals surface area contributed by atoms with Crippen molar-refractivity contribution in [3.63, 3.8) is 0 Å². The maximum atomic E-state index is 2.30. The second-order valence-corrected chi connectivity index (χ2v) is 6.44. The quantitative estimate of drug-likeness (QED) is 0.439. The zero-order chi connectivity index (χ0) is 15.6. The summed E-state index contributed by atoms with van der Waals surface area (Å²) in [5.74, 6) is 0. The summed E-state index contributed by atoms with van der Waals surface area (Å²) in [4.78, 5) is 0. The van der Waals surface area contributed by atoms with Gasteiger partial charge in [0.1, 0.15) is 0 Å². The molecule has 0 aromatic heterocycles. The fourth-order valence-electron chi connectivity index (χ4n) is 2.97. The van der Waals surface area contributed by atoms with Gasteiger partial charge >= 0.3 is 0 Å². The maximum absolute atomic E-state index is 2.30. The first-order valence-electron chi connectivity index (χ1n) is 8.95. The maximum Gasteiger partial charge on any atom is -0.0181 e. The normalized spacial score (nSPS) is 10.8. The molecule has 0 N–H and O–H groups in total. The molecule has 0 heteroatoms. The van der Waals surface area contributed by atoms with Crippen LogP contribution in [0.2, 0.25) is 0 Å². The van der Waals surface area contributed by atoms with Crippen molar-refractivity contribution in [3.8, 4) is 11.1 Å². The Hall–Kier alpha value is -1.56. The van der Waals surface area contributed by atoms with Gasteiger partial charge in [-0.05, 0) is 36.5 Å². The van der Waals surface area contributed by atoms with Crippen LogP contribution in [0.25, 0.3) is 11.1 Å². The predicted octanol–water partition coefficient (Wildman–Crippen LogP) is 6.96. The highest BCUT2D eigenvalue weighted by atomic mass is 14.0. The second kappa shape index (κ2) is 9.46. The number of aryl methyl sites for hydroxylation is 2. The molecule has 22 heavy (non-hydrogen) atoms. The van der Waals surface area contributed by atoms with Gasteiger partial charge in [0.05, 0.1) is 0 Å². The molecule has 0 atom stereocenters. The van der Waals surface area contributed by atoms with Gasteiger partial charge in [-0.3, -0.25) is 0 Å². The summed E-state index contributed by atoms with van der Waals surface area (Å²) in [6.07, 6.45) is 10.9. The van der Waals surface area contributed by atoms with E-state index in [0.717, 1.165) is 0 Å². The molecular formula is C22H30. The van der Waals surface area contributed by atoms with Gasteiger partial charge in [-0.2, -0.15) is 0 Å². The average Bonchev–Trinajstić information content (AvgIpc) is 2.55. The Balaban J connectivity index is 1.75. The Kier molecular flexibility index (Phi) is 7.22. The molecule has 0 spiro atoms. The molecule has 0 nitrogen and oxygen atoms in total. The highest BCUT2D eigenvalue weighted by Crippen LogP contribution is 2.21. The third-order valence-corrected chi connectivity index (χ3v) is 4.37. The van der Waals surface area contributed by atoms with Crippen molar-refractivity contribution in [1.29, 1.82) is 0 Å². The van der Waals surface area contributed by atoms with E-state index in [-0.39, 0.29) is 0 Å². The van der Waals surface area contributed by atoms with E-state index in [9.17, 15) is 0 Å². The lowest BCUT2D eigenvalue weighted by molar-refractivity contribution is 0.589. The Bertz CT molecular complexity index is 536. The van der Waals surface area contributed by atoms with E-state index in [0.29, 0.717) is 0 Å². The van der Waals surface area contributed by atoms with Crippen molar-refractivity contribution < 1.29 is 0 Å². The van der Waals surface area contributed by atoms with Gasteiger partial charge in [0.25, 0.3) is 0 Å². The van der Waals surface area contributed by atoms with Gasteiger partial charge in [-0.25, -0.2) is 0 Å². The van der Waals surface area contributed by atoms with E-state index < -0.39 is 0 Å². The molecule has 0 aliphatic carbocycles. The molecule has 0 heterocycles. The van der Waals surface area contributed by atoms with Crippen molar-refractivity contribution in [3.05, 3.63) is 59.7 Å². The summed E-state index contributed by atoms with van der Waals surface area (Å²) < 4.78 is 0. The number of unbranched alkanes of at least 4 members (excludes halogenated alkanes) is 6. The van der Waals surface area contributed by atoms with Crippen LogP contribution < -0.4 is 0 Å². The first-order valence-corrected chi connectivity index (χ1v) is 8.95. The molecule has 2 aromatic rings. The third kappa shape index (κ3) is 5.67. The SMILES string of the molecule is CCCCCCCCCc1ccc(-c2cccc(C)c2)cc1. The Morgan fingerprint density at radius 2 is 1.36 bits per heavy atom. The first-order chi connectivity index (χ1) is 10.8. The monoisotopic (exact) mass is 294 g/mol. The third-order valence-electron chi connectivity index (χ3n) is 4.37. The number of rotatable bonds is 9. The molecule has 0 fully saturated rings. The van der Waals surface area contributed by atoms with Crippen molar-refractivity contribution in [1.82, 2.24) is 0 Å². The smallest absolute Gasteiger partial charge is 0.0181 e. The van der Waals surface area contributed by atoms with Crippen LogP contribution in [-0.2, 0) is 6.42 Å². The number of hydrogen-bond donors (Lipinski definition) is 0. The van der Waals surface area contributed by atoms with Crippen molar-refractivity contribution in [2.75, 3.05) is 0 Å². The molecule has 0 aliphatic heterocycles. The Labute approximate surface area is 136 Å². The molecule has 2 aromatic carbocycles. The van der Waals surface area contributed by atoms with E-state index in [2.05, 4.69) is 62.4 Å². The largest absolute Gasteiger partial charge is 0.0654 e. The van der Waals surface area contributed by atoms with Crippen LogP contribution in [-0.4, -0.2) is 0 Å². The van der Waals surface area contributed by atoms with Gasteiger partial charge in [-0.15, -0.1) is 0 Å². The summed E-state index contributed by atoms with van der Waals surface area (Å²) in [6, 6.07) is 17.9. The predicted molar refractivity (Wildman–Crippen MR) is 98.3 cm³/mol. The summed E-state index contributed by atoms with van der Waals surface area (Å²) >= 11 is 0. The molecular weight excluding hydrogens is 264 g/mol. The van der Waals surface area contributed by atoms with Crippen LogP contribution in [0, 0.1) is 6.92 Å². The van der Waals surface area contributed by atoms with Crippen LogP contribution in [0.1, 0.15) is 63.0 Å². The molecule has 2 rings (SSSR count). The van der Waals surface area contributed by atoms with Crippen molar-refractivity contribution in [2.45, 2.75) is 65.2 Å². The van der Waals surface area contributed by atoms with Crippen LogP contribution in [0.5, 0.6) is 0 Å². The second-order valence-electron chi connectivity index (χ2n) is 6.44. The van der Waals surface area contributed by atoms with Gasteiger partial charge in [-0.1, -0.05) is 99.5 Å². The van der Waals surface area contributed by atoms with Gasteiger partial charge in [0.2, 0.25) is 0 Å². The van der Waals surface area contributed by atoms with E-state index in [1.54, 1.807) is 0 Å². The zero-order valence-electron chi connectivity index (χ0n) is 14.3. The average molecular weight is 294 g/mol. The topological polar surface area (TPSA) is 0 Å². The minimum absolute atomic E-state index is 1.22. The van der Waals surface area contributed by atoms with Gasteiger partial charge < -0.3 is 0 Å². The Morgan fingerprint density at radius 3 is 2.05 bits per heavy atom. The van der Waals surface area contributed by atoms with E-state index in [1.807, 2.05) is 0 Å². The van der Waals surface area contributed by atoms with E-state index in [4.69, 9.17) is 0 Å². The molecule has 0 saturated heterocycles. The summed E-state index contributed by atoms with van der Waals surface area (Å²) in [7, 11) is 0. The fraction of sp³-hybridized carbons (Fsp3) is 0.455. The molecule has 0 saturated carbocycles. The molecule has 0 amide bonds. The summed E-state index contributed by atoms with van der Waals surface area (Å²) in [5, 5.41) is 0. The first kappa shape index (κ1) is 16.8. The summed E-state index contributed by atoms with van der Waals surface area (Å²) in [6.45, 7) is 4.43. The standard InChI is InChI=1S/C22H30/c1-3-4-5-6-7-8-9-12-20-14-16-21(17-15-20)22-13-10-11-19(2)18-22/h10-11,13-18H,3-9,12H2,1-2H3. The molecule has 0 aliphatic rings. The van der Waals surface area contributed by atoms with Crippen LogP contribution >= 0.6 is 0 Å². The number of benzene rings is 2. The van der Waals surface area contributed by atoms with E-state index in [1.165, 1.54) is 73.6 Å². The van der Waals surface area contributed by atoms with E-state index >= 15 is 0 Å². The minimum Gasteiger partial charge on any atom is -0.0654 e. The van der Waals surface area contributed by atoms with Crippen LogP contribution in [0.15, 0.2) is 48.5 Å². The fourth-order valence-corrected chi connectivity index (χ4v) is 2.97. The molecule has 0 bridgehead atoms. The minimum atomic E-state index is 1.22. The van der Waals surface area contributed by atoms with Gasteiger partial charge in [0, 0.05) is 0 Å². The van der Waals surface area contributed by atoms with Gasteiger partial charge in [0.15, 0.2) is 0 Å². The molecule has 0 unspecified atom stereocenters. The summed E-state index contributed by atoms with van der Waals surface area (Å²) in [5.41, 5.74) is 5.45. The Morgan fingerprint density at radius 1 is 0.682 bits per heavy atom. The lowest BCUT2D eigenvalue weighted by Crippen LogP contribution is -1.87. The zero-order valence-corrected chi connectivity index (χ0v) is 14.3. The number of hydrogen-bond acceptors (Lipinski definition) is 0. The molecule has 118 valence electrons. The van der Waals surface area contributed by atoms with Crippen molar-refractivity contribution in [2.24, 2.45) is 0 Å².